The fourth-order valence-electron chi connectivity index (χ4n) is 1.95. The van der Waals surface area contributed by atoms with E-state index in [1.54, 1.807) is 30.3 Å². The van der Waals surface area contributed by atoms with Gasteiger partial charge in [-0.15, -0.1) is 0 Å². The summed E-state index contributed by atoms with van der Waals surface area (Å²) in [7, 11) is -1.20. The molecule has 0 aliphatic heterocycles. The maximum Gasteiger partial charge on any atom is 0.341 e. The van der Waals surface area contributed by atoms with Crippen LogP contribution in [0.3, 0.4) is 0 Å². The van der Waals surface area contributed by atoms with Gasteiger partial charge in [0.2, 0.25) is 10.0 Å². The van der Waals surface area contributed by atoms with Crippen molar-refractivity contribution >= 4 is 21.8 Å². The molecule has 0 saturated heterocycles. The molecule has 2 rings (SSSR count). The summed E-state index contributed by atoms with van der Waals surface area (Å²) in [4.78, 5) is 23.7. The highest BCUT2D eigenvalue weighted by Gasteiger charge is 2.22. The lowest BCUT2D eigenvalue weighted by Crippen LogP contribution is -2.23. The molecule has 0 aromatic heterocycles. The van der Waals surface area contributed by atoms with Gasteiger partial charge < -0.3 is 4.74 Å². The van der Waals surface area contributed by atoms with Gasteiger partial charge in [-0.25, -0.2) is 21.9 Å². The van der Waals surface area contributed by atoms with Crippen molar-refractivity contribution in [2.75, 3.05) is 20.7 Å². The summed E-state index contributed by atoms with van der Waals surface area (Å²) in [5, 5.41) is 0. The summed E-state index contributed by atoms with van der Waals surface area (Å²) < 4.78 is 43.8. The largest absolute Gasteiger partial charge is 0.454 e. The van der Waals surface area contributed by atoms with Crippen LogP contribution in [0.25, 0.3) is 0 Å². The minimum absolute atomic E-state index is 0.250. The number of carbonyl (C=O) groups is 2. The van der Waals surface area contributed by atoms with Crippen molar-refractivity contribution < 1.29 is 27.1 Å². The third kappa shape index (κ3) is 4.28. The molecule has 2 aromatic rings. The Morgan fingerprint density at radius 3 is 2.32 bits per heavy atom. The molecule has 0 N–H and O–H groups in total. The monoisotopic (exact) mass is 365 g/mol. The van der Waals surface area contributed by atoms with Crippen molar-refractivity contribution in [3.05, 3.63) is 65.5 Å². The van der Waals surface area contributed by atoms with Gasteiger partial charge in [0, 0.05) is 19.7 Å². The van der Waals surface area contributed by atoms with Crippen LogP contribution in [0.5, 0.6) is 0 Å². The Morgan fingerprint density at radius 2 is 1.72 bits per heavy atom. The number of hydrogen-bond acceptors (Lipinski definition) is 5. The zero-order valence-corrected chi connectivity index (χ0v) is 14.4. The van der Waals surface area contributed by atoms with E-state index in [0.29, 0.717) is 5.56 Å². The molecule has 25 heavy (non-hydrogen) atoms. The highest BCUT2D eigenvalue weighted by Crippen LogP contribution is 2.18. The average Bonchev–Trinajstić information content (AvgIpc) is 2.60. The van der Waals surface area contributed by atoms with E-state index in [-0.39, 0.29) is 4.90 Å². The van der Waals surface area contributed by atoms with Crippen molar-refractivity contribution in [1.29, 1.82) is 0 Å². The first-order chi connectivity index (χ1) is 11.7. The summed E-state index contributed by atoms with van der Waals surface area (Å²) in [6, 6.07) is 11.0. The molecular weight excluding hydrogens is 349 g/mol. The smallest absolute Gasteiger partial charge is 0.341 e. The summed E-state index contributed by atoms with van der Waals surface area (Å²) in [6.07, 6.45) is 0. The van der Waals surface area contributed by atoms with Gasteiger partial charge in [0.05, 0.1) is 10.5 Å². The molecule has 0 heterocycles. The van der Waals surface area contributed by atoms with Crippen LogP contribution < -0.4 is 0 Å². The summed E-state index contributed by atoms with van der Waals surface area (Å²) in [5.41, 5.74) is -0.205. The molecule has 132 valence electrons. The fraction of sp³-hybridized carbons (Fsp3) is 0.176. The number of carbonyl (C=O) groups excluding carboxylic acids is 2. The predicted molar refractivity (Wildman–Crippen MR) is 88.3 cm³/mol. The van der Waals surface area contributed by atoms with E-state index in [0.717, 1.165) is 22.5 Å². The molecule has 0 fully saturated rings. The number of nitrogens with zero attached hydrogens (tertiary/aromatic N) is 1. The quantitative estimate of drug-likeness (QED) is 0.579. The second-order valence-electron chi connectivity index (χ2n) is 5.29. The van der Waals surface area contributed by atoms with Gasteiger partial charge in [-0.2, -0.15) is 0 Å². The number of rotatable bonds is 6. The Labute approximate surface area is 144 Å². The van der Waals surface area contributed by atoms with Gasteiger partial charge in [-0.1, -0.05) is 30.3 Å². The second kappa shape index (κ2) is 7.54. The number of ether oxygens (including phenoxy) is 1. The van der Waals surface area contributed by atoms with E-state index in [1.165, 1.54) is 14.1 Å². The predicted octanol–water partition coefficient (Wildman–Crippen LogP) is 2.12. The molecular formula is C17H16FNO5S. The topological polar surface area (TPSA) is 80.8 Å². The molecule has 0 saturated carbocycles. The molecule has 0 bridgehead atoms. The zero-order chi connectivity index (χ0) is 18.6. The number of esters is 1. The number of halogens is 1. The Bertz CT molecular complexity index is 895. The molecule has 0 unspecified atom stereocenters. The third-order valence-electron chi connectivity index (χ3n) is 3.37. The number of sulfonamides is 1. The molecule has 2 aromatic carbocycles. The summed E-state index contributed by atoms with van der Waals surface area (Å²) in [6.45, 7) is -0.576. The Kier molecular flexibility index (Phi) is 5.66. The van der Waals surface area contributed by atoms with Crippen LogP contribution in [0.2, 0.25) is 0 Å². The van der Waals surface area contributed by atoms with Crippen molar-refractivity contribution in [2.24, 2.45) is 0 Å². The molecule has 0 spiro atoms. The maximum atomic E-state index is 13.9. The second-order valence-corrected chi connectivity index (χ2v) is 7.45. The Balaban J connectivity index is 2.18. The average molecular weight is 365 g/mol. The van der Waals surface area contributed by atoms with Gasteiger partial charge >= 0.3 is 5.97 Å². The Hall–Kier alpha value is -2.58. The first kappa shape index (κ1) is 18.8. The number of ketones is 1. The molecule has 0 aliphatic rings. The maximum absolute atomic E-state index is 13.9. The molecule has 0 radical (unpaired) electrons. The lowest BCUT2D eigenvalue weighted by Gasteiger charge is -2.12. The molecule has 0 atom stereocenters. The van der Waals surface area contributed by atoms with Crippen molar-refractivity contribution in [1.82, 2.24) is 4.31 Å². The minimum Gasteiger partial charge on any atom is -0.454 e. The van der Waals surface area contributed by atoms with Crippen LogP contribution in [-0.2, 0) is 14.8 Å². The van der Waals surface area contributed by atoms with Gasteiger partial charge in [-0.3, -0.25) is 4.79 Å². The van der Waals surface area contributed by atoms with Crippen molar-refractivity contribution in [3.8, 4) is 0 Å². The highest BCUT2D eigenvalue weighted by atomic mass is 32.2. The number of Topliss-reactive ketones (excluding diaryl/α,β-unsaturated/α-hetero) is 1. The van der Waals surface area contributed by atoms with E-state index >= 15 is 0 Å². The van der Waals surface area contributed by atoms with Crippen molar-refractivity contribution in [3.63, 3.8) is 0 Å². The van der Waals surface area contributed by atoms with Crippen LogP contribution >= 0.6 is 0 Å². The lowest BCUT2D eigenvalue weighted by molar-refractivity contribution is 0.0470. The van der Waals surface area contributed by atoms with E-state index < -0.39 is 39.8 Å². The van der Waals surface area contributed by atoms with Crippen LogP contribution in [0.15, 0.2) is 53.4 Å². The van der Waals surface area contributed by atoms with E-state index in [2.05, 4.69) is 0 Å². The normalized spacial score (nSPS) is 11.4. The van der Waals surface area contributed by atoms with Crippen LogP contribution in [0.4, 0.5) is 4.39 Å². The Morgan fingerprint density at radius 1 is 1.08 bits per heavy atom. The number of hydrogen-bond donors (Lipinski definition) is 0. The first-order valence-electron chi connectivity index (χ1n) is 7.21. The zero-order valence-electron chi connectivity index (χ0n) is 13.6. The van der Waals surface area contributed by atoms with Crippen LogP contribution in [0.1, 0.15) is 20.7 Å². The number of benzene rings is 2. The first-order valence-corrected chi connectivity index (χ1v) is 8.65. The van der Waals surface area contributed by atoms with Gasteiger partial charge in [-0.05, 0) is 18.2 Å². The molecule has 8 heteroatoms. The fourth-order valence-corrected chi connectivity index (χ4v) is 2.88. The SMILES string of the molecule is CN(C)S(=O)(=O)c1ccc(F)c(C(=O)OCC(=O)c2ccccc2)c1. The van der Waals surface area contributed by atoms with Crippen molar-refractivity contribution in [2.45, 2.75) is 4.90 Å². The van der Waals surface area contributed by atoms with Gasteiger partial charge in [0.15, 0.2) is 12.4 Å². The molecule has 6 nitrogen and oxygen atoms in total. The third-order valence-corrected chi connectivity index (χ3v) is 5.18. The van der Waals surface area contributed by atoms with E-state index in [9.17, 15) is 22.4 Å². The summed E-state index contributed by atoms with van der Waals surface area (Å²) in [5.74, 6) is -2.50. The highest BCUT2D eigenvalue weighted by molar-refractivity contribution is 7.89. The van der Waals surface area contributed by atoms with Crippen LogP contribution in [0, 0.1) is 5.82 Å². The van der Waals surface area contributed by atoms with Gasteiger partial charge in [0.25, 0.3) is 0 Å². The molecule has 0 amide bonds. The summed E-state index contributed by atoms with van der Waals surface area (Å²) >= 11 is 0. The van der Waals surface area contributed by atoms with E-state index in [1.807, 2.05) is 0 Å². The lowest BCUT2D eigenvalue weighted by atomic mass is 10.1. The van der Waals surface area contributed by atoms with Crippen LogP contribution in [-0.4, -0.2) is 45.2 Å². The molecule has 0 aliphatic carbocycles. The standard InChI is InChI=1S/C17H16FNO5S/c1-19(2)25(22,23)13-8-9-15(18)14(10-13)17(21)24-11-16(20)12-6-4-3-5-7-12/h3-10H,11H2,1-2H3. The minimum atomic E-state index is -3.83. The van der Waals surface area contributed by atoms with Gasteiger partial charge in [0.1, 0.15) is 5.82 Å². The van der Waals surface area contributed by atoms with E-state index in [4.69, 9.17) is 4.74 Å².